The van der Waals surface area contributed by atoms with Crippen molar-refractivity contribution in [2.45, 2.75) is 23.6 Å². The Morgan fingerprint density at radius 2 is 0.875 bits per heavy atom. The van der Waals surface area contributed by atoms with Crippen molar-refractivity contribution in [3.63, 3.8) is 0 Å². The first-order valence-electron chi connectivity index (χ1n) is 9.69. The molecule has 0 atom stereocenters. The molecule has 0 radical (unpaired) electrons. The molecule has 0 aliphatic carbocycles. The third kappa shape index (κ3) is 4.76. The van der Waals surface area contributed by atoms with Crippen molar-refractivity contribution in [3.05, 3.63) is 96.1 Å². The highest BCUT2D eigenvalue weighted by Gasteiger charge is 2.18. The van der Waals surface area contributed by atoms with E-state index >= 15 is 0 Å². The fraction of sp³-hybridized carbons (Fsp3) is 0.0833. The van der Waals surface area contributed by atoms with Gasteiger partial charge in [0.15, 0.2) is 0 Å². The summed E-state index contributed by atoms with van der Waals surface area (Å²) in [5.74, 6) is 0.216. The summed E-state index contributed by atoms with van der Waals surface area (Å²) in [6, 6.07) is 22.2. The van der Waals surface area contributed by atoms with Gasteiger partial charge in [-0.05, 0) is 73.2 Å². The first kappa shape index (κ1) is 21.9. The van der Waals surface area contributed by atoms with Crippen LogP contribution >= 0.6 is 0 Å². The van der Waals surface area contributed by atoms with Gasteiger partial charge in [-0.2, -0.15) is 16.8 Å². The number of aryl methyl sites for hydroxylation is 2. The van der Waals surface area contributed by atoms with Gasteiger partial charge >= 0.3 is 20.2 Å². The van der Waals surface area contributed by atoms with Crippen molar-refractivity contribution >= 4 is 31.0 Å². The summed E-state index contributed by atoms with van der Waals surface area (Å²) < 4.78 is 60.8. The topological polar surface area (TPSA) is 86.7 Å². The lowest BCUT2D eigenvalue weighted by Gasteiger charge is -2.10. The second-order valence-electron chi connectivity index (χ2n) is 7.37. The van der Waals surface area contributed by atoms with E-state index in [0.29, 0.717) is 5.39 Å². The number of rotatable bonds is 6. The molecule has 0 spiro atoms. The third-order valence-electron chi connectivity index (χ3n) is 4.81. The summed E-state index contributed by atoms with van der Waals surface area (Å²) in [7, 11) is -8.01. The van der Waals surface area contributed by atoms with Crippen LogP contribution in [0.1, 0.15) is 11.1 Å². The highest BCUT2D eigenvalue weighted by Crippen LogP contribution is 2.28. The monoisotopic (exact) mass is 468 g/mol. The SMILES string of the molecule is Cc1ccc(S(=O)(=O)Oc2ccc3ccc(OS(=O)(=O)c4ccc(C)cc4)cc3c2)cc1. The van der Waals surface area contributed by atoms with Crippen LogP contribution in [0.3, 0.4) is 0 Å². The van der Waals surface area contributed by atoms with Crippen molar-refractivity contribution in [2.24, 2.45) is 0 Å². The largest absolute Gasteiger partial charge is 0.379 e. The summed E-state index contributed by atoms with van der Waals surface area (Å²) in [4.78, 5) is 0.0916. The maximum atomic E-state index is 12.6. The highest BCUT2D eigenvalue weighted by atomic mass is 32.2. The van der Waals surface area contributed by atoms with E-state index in [1.165, 1.54) is 48.5 Å². The van der Waals surface area contributed by atoms with Crippen LogP contribution in [0.25, 0.3) is 10.8 Å². The first-order valence-corrected chi connectivity index (χ1v) is 12.5. The molecule has 0 aromatic heterocycles. The highest BCUT2D eigenvalue weighted by molar-refractivity contribution is 7.87. The molecule has 0 aliphatic heterocycles. The summed E-state index contributed by atoms with van der Waals surface area (Å²) in [6.07, 6.45) is 0. The molecule has 0 N–H and O–H groups in total. The summed E-state index contributed by atoms with van der Waals surface area (Å²) in [6.45, 7) is 3.72. The molecule has 0 aliphatic rings. The lowest BCUT2D eigenvalue weighted by Crippen LogP contribution is -2.10. The summed E-state index contributed by atoms with van der Waals surface area (Å²) in [5, 5.41) is 1.34. The van der Waals surface area contributed by atoms with Crippen LogP contribution in [0.15, 0.2) is 94.7 Å². The zero-order valence-corrected chi connectivity index (χ0v) is 19.0. The van der Waals surface area contributed by atoms with Crippen LogP contribution in [-0.4, -0.2) is 16.8 Å². The lowest BCUT2D eigenvalue weighted by atomic mass is 10.1. The Kier molecular flexibility index (Phi) is 5.66. The van der Waals surface area contributed by atoms with Gasteiger partial charge in [0.1, 0.15) is 21.3 Å². The van der Waals surface area contributed by atoms with E-state index in [4.69, 9.17) is 8.37 Å². The van der Waals surface area contributed by atoms with E-state index in [2.05, 4.69) is 0 Å². The molecule has 8 heteroatoms. The van der Waals surface area contributed by atoms with E-state index in [-0.39, 0.29) is 21.3 Å². The van der Waals surface area contributed by atoms with E-state index in [1.807, 2.05) is 13.8 Å². The van der Waals surface area contributed by atoms with Gasteiger partial charge in [0.05, 0.1) is 0 Å². The molecule has 4 aromatic rings. The number of hydrogen-bond donors (Lipinski definition) is 0. The average Bonchev–Trinajstić information content (AvgIpc) is 2.73. The smallest absolute Gasteiger partial charge is 0.339 e. The average molecular weight is 469 g/mol. The maximum Gasteiger partial charge on any atom is 0.339 e. The molecule has 4 aromatic carbocycles. The predicted octanol–water partition coefficient (Wildman–Crippen LogP) is 4.99. The van der Waals surface area contributed by atoms with Gasteiger partial charge in [0, 0.05) is 0 Å². The van der Waals surface area contributed by atoms with Gasteiger partial charge in [-0.25, -0.2) is 0 Å². The molecule has 6 nitrogen and oxygen atoms in total. The molecule has 0 amide bonds. The molecule has 4 rings (SSSR count). The Bertz CT molecular complexity index is 1380. The third-order valence-corrected chi connectivity index (χ3v) is 7.34. The number of fused-ring (bicyclic) bond motifs is 1. The molecule has 0 heterocycles. The zero-order chi connectivity index (χ0) is 22.9. The standard InChI is InChI=1S/C24H20O6S2/c1-17-3-11-23(12-4-17)31(25,26)29-21-9-7-19-8-10-22(16-20(19)15-21)30-32(27,28)24-13-5-18(2)6-14-24/h3-16H,1-2H3. The fourth-order valence-electron chi connectivity index (χ4n) is 3.07. The molecule has 0 bridgehead atoms. The van der Waals surface area contributed by atoms with Crippen LogP contribution in [0.2, 0.25) is 0 Å². The minimum Gasteiger partial charge on any atom is -0.379 e. The van der Waals surface area contributed by atoms with Crippen LogP contribution in [0.5, 0.6) is 11.5 Å². The van der Waals surface area contributed by atoms with Crippen LogP contribution in [0, 0.1) is 13.8 Å². The van der Waals surface area contributed by atoms with E-state index in [0.717, 1.165) is 16.5 Å². The Morgan fingerprint density at radius 1 is 0.500 bits per heavy atom. The molecule has 32 heavy (non-hydrogen) atoms. The molecular weight excluding hydrogens is 448 g/mol. The molecular formula is C24H20O6S2. The quantitative estimate of drug-likeness (QED) is 0.371. The second kappa shape index (κ2) is 8.29. The van der Waals surface area contributed by atoms with Crippen molar-refractivity contribution < 1.29 is 25.2 Å². The first-order chi connectivity index (χ1) is 15.1. The second-order valence-corrected chi connectivity index (χ2v) is 10.5. The van der Waals surface area contributed by atoms with Crippen molar-refractivity contribution in [1.29, 1.82) is 0 Å². The Balaban J connectivity index is 1.61. The van der Waals surface area contributed by atoms with Gasteiger partial charge in [0.25, 0.3) is 0 Å². The van der Waals surface area contributed by atoms with E-state index < -0.39 is 20.2 Å². The summed E-state index contributed by atoms with van der Waals surface area (Å²) >= 11 is 0. The summed E-state index contributed by atoms with van der Waals surface area (Å²) in [5.41, 5.74) is 1.87. The number of hydrogen-bond acceptors (Lipinski definition) is 6. The van der Waals surface area contributed by atoms with Gasteiger partial charge in [-0.3, -0.25) is 0 Å². The van der Waals surface area contributed by atoms with Crippen LogP contribution < -0.4 is 8.37 Å². The van der Waals surface area contributed by atoms with Gasteiger partial charge in [-0.15, -0.1) is 0 Å². The molecule has 164 valence electrons. The van der Waals surface area contributed by atoms with E-state index in [9.17, 15) is 16.8 Å². The Hall–Kier alpha value is -3.36. The molecule has 0 fully saturated rings. The van der Waals surface area contributed by atoms with E-state index in [1.54, 1.807) is 36.4 Å². The van der Waals surface area contributed by atoms with Crippen molar-refractivity contribution in [2.75, 3.05) is 0 Å². The zero-order valence-electron chi connectivity index (χ0n) is 17.3. The van der Waals surface area contributed by atoms with Gasteiger partial charge < -0.3 is 8.37 Å². The number of benzene rings is 4. The van der Waals surface area contributed by atoms with Crippen molar-refractivity contribution in [1.82, 2.24) is 0 Å². The van der Waals surface area contributed by atoms with Gasteiger partial charge in [0.2, 0.25) is 0 Å². The predicted molar refractivity (Wildman–Crippen MR) is 122 cm³/mol. The minimum atomic E-state index is -4.00. The fourth-order valence-corrected chi connectivity index (χ4v) is 4.91. The van der Waals surface area contributed by atoms with Crippen LogP contribution in [0.4, 0.5) is 0 Å². The maximum absolute atomic E-state index is 12.6. The Morgan fingerprint density at radius 3 is 1.25 bits per heavy atom. The van der Waals surface area contributed by atoms with Crippen LogP contribution in [-0.2, 0) is 20.2 Å². The molecule has 0 saturated carbocycles. The minimum absolute atomic E-state index is 0.0458. The Labute approximate surface area is 187 Å². The van der Waals surface area contributed by atoms with Crippen molar-refractivity contribution in [3.8, 4) is 11.5 Å². The molecule has 0 unspecified atom stereocenters. The van der Waals surface area contributed by atoms with Gasteiger partial charge in [-0.1, -0.05) is 47.5 Å². The molecule has 0 saturated heterocycles. The normalized spacial score (nSPS) is 11.9. The lowest BCUT2D eigenvalue weighted by molar-refractivity contribution is 0.485.